The Morgan fingerprint density at radius 3 is 1.82 bits per heavy atom. The normalized spacial score (nSPS) is 10.9. The van der Waals surface area contributed by atoms with Crippen LogP contribution in [0, 0.1) is 0 Å². The van der Waals surface area contributed by atoms with Gasteiger partial charge in [0.1, 0.15) is 5.75 Å². The molecule has 2 heterocycles. The SMILES string of the molecule is CCCCc1ccc(-c2csc(-c3nc(-c4ccc(OC)cc4)cs3)n2)cc1. The fraction of sp³-hybridized carbons (Fsp3) is 0.217. The third kappa shape index (κ3) is 4.16. The van der Waals surface area contributed by atoms with Crippen LogP contribution >= 0.6 is 22.7 Å². The van der Waals surface area contributed by atoms with Gasteiger partial charge < -0.3 is 4.74 Å². The average molecular weight is 407 g/mol. The van der Waals surface area contributed by atoms with Gasteiger partial charge in [-0.05, 0) is 42.7 Å². The van der Waals surface area contributed by atoms with Gasteiger partial charge in [0.2, 0.25) is 0 Å². The van der Waals surface area contributed by atoms with Crippen molar-refractivity contribution < 1.29 is 4.74 Å². The summed E-state index contributed by atoms with van der Waals surface area (Å²) in [5.74, 6) is 0.851. The maximum atomic E-state index is 5.22. The fourth-order valence-electron chi connectivity index (χ4n) is 2.99. The second kappa shape index (κ2) is 8.67. The van der Waals surface area contributed by atoms with Crippen LogP contribution < -0.4 is 4.74 Å². The van der Waals surface area contributed by atoms with Crippen LogP contribution in [-0.4, -0.2) is 17.1 Å². The molecule has 2 aromatic carbocycles. The molecule has 2 aromatic heterocycles. The van der Waals surface area contributed by atoms with Crippen LogP contribution in [0.5, 0.6) is 5.75 Å². The summed E-state index contributed by atoms with van der Waals surface area (Å²) >= 11 is 3.28. The van der Waals surface area contributed by atoms with Crippen LogP contribution in [-0.2, 0) is 6.42 Å². The molecule has 0 fully saturated rings. The largest absolute Gasteiger partial charge is 0.497 e. The third-order valence-corrected chi connectivity index (χ3v) is 6.47. The number of hydrogen-bond acceptors (Lipinski definition) is 5. The number of thiazole rings is 2. The Balaban J connectivity index is 1.52. The van der Waals surface area contributed by atoms with Crippen molar-refractivity contribution in [2.45, 2.75) is 26.2 Å². The summed E-state index contributed by atoms with van der Waals surface area (Å²) in [6.45, 7) is 2.23. The Kier molecular flexibility index (Phi) is 5.84. The van der Waals surface area contributed by atoms with Crippen LogP contribution in [0.3, 0.4) is 0 Å². The lowest BCUT2D eigenvalue weighted by Crippen LogP contribution is -1.85. The number of aryl methyl sites for hydroxylation is 1. The molecule has 142 valence electrons. The van der Waals surface area contributed by atoms with Crippen molar-refractivity contribution >= 4 is 22.7 Å². The summed E-state index contributed by atoms with van der Waals surface area (Å²) < 4.78 is 5.22. The van der Waals surface area contributed by atoms with Crippen molar-refractivity contribution in [2.75, 3.05) is 7.11 Å². The summed E-state index contributed by atoms with van der Waals surface area (Å²) in [6.07, 6.45) is 3.61. The van der Waals surface area contributed by atoms with E-state index < -0.39 is 0 Å². The smallest absolute Gasteiger partial charge is 0.152 e. The maximum Gasteiger partial charge on any atom is 0.152 e. The summed E-state index contributed by atoms with van der Waals surface area (Å²) in [6, 6.07) is 16.8. The second-order valence-electron chi connectivity index (χ2n) is 6.60. The number of unbranched alkanes of at least 4 members (excludes halogenated alkanes) is 1. The number of methoxy groups -OCH3 is 1. The molecule has 0 bridgehead atoms. The lowest BCUT2D eigenvalue weighted by molar-refractivity contribution is 0.415. The van der Waals surface area contributed by atoms with E-state index in [9.17, 15) is 0 Å². The van der Waals surface area contributed by atoms with Crippen molar-refractivity contribution in [3.63, 3.8) is 0 Å². The zero-order chi connectivity index (χ0) is 19.3. The number of hydrogen-bond donors (Lipinski definition) is 0. The monoisotopic (exact) mass is 406 g/mol. The predicted octanol–water partition coefficient (Wildman–Crippen LogP) is 6.95. The number of ether oxygens (including phenoxy) is 1. The molecule has 0 atom stereocenters. The van der Waals surface area contributed by atoms with Crippen LogP contribution in [0.25, 0.3) is 32.5 Å². The molecule has 4 rings (SSSR count). The zero-order valence-electron chi connectivity index (χ0n) is 16.0. The van der Waals surface area contributed by atoms with Crippen molar-refractivity contribution in [3.05, 3.63) is 64.9 Å². The van der Waals surface area contributed by atoms with Gasteiger partial charge in [0.05, 0.1) is 18.5 Å². The topological polar surface area (TPSA) is 35.0 Å². The zero-order valence-corrected chi connectivity index (χ0v) is 17.6. The first-order chi connectivity index (χ1) is 13.8. The molecule has 0 radical (unpaired) electrons. The highest BCUT2D eigenvalue weighted by molar-refractivity contribution is 7.20. The highest BCUT2D eigenvalue weighted by Crippen LogP contribution is 2.33. The van der Waals surface area contributed by atoms with Crippen molar-refractivity contribution in [3.8, 4) is 38.3 Å². The standard InChI is InChI=1S/C23H22N2OS2/c1-3-4-5-16-6-8-17(9-7-16)20-14-27-22(24-20)23-25-21(15-28-23)18-10-12-19(26-2)13-11-18/h6-15H,3-5H2,1-2H3. The predicted molar refractivity (Wildman–Crippen MR) is 119 cm³/mol. The molecule has 0 unspecified atom stereocenters. The van der Waals surface area contributed by atoms with E-state index in [1.807, 2.05) is 24.3 Å². The van der Waals surface area contributed by atoms with E-state index in [0.29, 0.717) is 0 Å². The maximum absolute atomic E-state index is 5.22. The van der Waals surface area contributed by atoms with Crippen LogP contribution in [0.2, 0.25) is 0 Å². The van der Waals surface area contributed by atoms with E-state index in [1.54, 1.807) is 29.8 Å². The van der Waals surface area contributed by atoms with E-state index in [2.05, 4.69) is 41.9 Å². The van der Waals surface area contributed by atoms with Crippen molar-refractivity contribution in [1.29, 1.82) is 0 Å². The lowest BCUT2D eigenvalue weighted by atomic mass is 10.1. The molecule has 3 nitrogen and oxygen atoms in total. The molecular formula is C23H22N2OS2. The van der Waals surface area contributed by atoms with E-state index in [0.717, 1.165) is 44.7 Å². The minimum Gasteiger partial charge on any atom is -0.497 e. The first kappa shape index (κ1) is 18.8. The van der Waals surface area contributed by atoms with Crippen molar-refractivity contribution in [1.82, 2.24) is 9.97 Å². The summed E-state index contributed by atoms with van der Waals surface area (Å²) in [4.78, 5) is 9.61. The van der Waals surface area contributed by atoms with Gasteiger partial charge in [-0.2, -0.15) is 0 Å². The number of aromatic nitrogens is 2. The molecule has 0 aliphatic heterocycles. The fourth-order valence-corrected chi connectivity index (χ4v) is 4.70. The Hall–Kier alpha value is -2.50. The van der Waals surface area contributed by atoms with Crippen LogP contribution in [0.1, 0.15) is 25.3 Å². The highest BCUT2D eigenvalue weighted by Gasteiger charge is 2.12. The third-order valence-electron chi connectivity index (χ3n) is 4.65. The molecule has 0 N–H and O–H groups in total. The van der Waals surface area contributed by atoms with Gasteiger partial charge in [0.15, 0.2) is 10.0 Å². The van der Waals surface area contributed by atoms with Gasteiger partial charge in [-0.1, -0.05) is 37.6 Å². The summed E-state index contributed by atoms with van der Waals surface area (Å²) in [5.41, 5.74) is 5.63. The van der Waals surface area contributed by atoms with Crippen LogP contribution in [0.4, 0.5) is 0 Å². The van der Waals surface area contributed by atoms with Gasteiger partial charge in [0, 0.05) is 21.9 Å². The second-order valence-corrected chi connectivity index (χ2v) is 8.32. The molecule has 0 amide bonds. The lowest BCUT2D eigenvalue weighted by Gasteiger charge is -2.01. The Morgan fingerprint density at radius 2 is 1.32 bits per heavy atom. The van der Waals surface area contributed by atoms with E-state index >= 15 is 0 Å². The number of nitrogens with zero attached hydrogens (tertiary/aromatic N) is 2. The first-order valence-corrected chi connectivity index (χ1v) is 11.2. The molecule has 5 heteroatoms. The van der Waals surface area contributed by atoms with E-state index in [-0.39, 0.29) is 0 Å². The average Bonchev–Trinajstić information content (AvgIpc) is 3.42. The Labute approximate surface area is 173 Å². The van der Waals surface area contributed by atoms with Gasteiger partial charge in [0.25, 0.3) is 0 Å². The number of rotatable bonds is 7. The first-order valence-electron chi connectivity index (χ1n) is 9.42. The molecule has 0 aliphatic rings. The van der Waals surface area contributed by atoms with Gasteiger partial charge >= 0.3 is 0 Å². The molecule has 4 aromatic rings. The molecule has 0 saturated heterocycles. The van der Waals surface area contributed by atoms with Gasteiger partial charge in [-0.25, -0.2) is 9.97 Å². The van der Waals surface area contributed by atoms with E-state index in [4.69, 9.17) is 14.7 Å². The Bertz CT molecular complexity index is 1030. The number of benzene rings is 2. The van der Waals surface area contributed by atoms with Crippen molar-refractivity contribution in [2.24, 2.45) is 0 Å². The summed E-state index contributed by atoms with van der Waals surface area (Å²) in [7, 11) is 1.68. The van der Waals surface area contributed by atoms with Crippen LogP contribution in [0.15, 0.2) is 59.3 Å². The van der Waals surface area contributed by atoms with E-state index in [1.165, 1.54) is 18.4 Å². The summed E-state index contributed by atoms with van der Waals surface area (Å²) in [5, 5.41) is 6.13. The molecule has 28 heavy (non-hydrogen) atoms. The minimum atomic E-state index is 0.851. The molecule has 0 aliphatic carbocycles. The van der Waals surface area contributed by atoms with Gasteiger partial charge in [-0.3, -0.25) is 0 Å². The quantitative estimate of drug-likeness (QED) is 0.333. The minimum absolute atomic E-state index is 0.851. The highest BCUT2D eigenvalue weighted by atomic mass is 32.1. The Morgan fingerprint density at radius 1 is 0.786 bits per heavy atom. The van der Waals surface area contributed by atoms with Gasteiger partial charge in [-0.15, -0.1) is 22.7 Å². The molecular weight excluding hydrogens is 384 g/mol. The molecule has 0 spiro atoms. The molecule has 0 saturated carbocycles.